The van der Waals surface area contributed by atoms with Crippen molar-refractivity contribution in [1.29, 1.82) is 0 Å². The van der Waals surface area contributed by atoms with Crippen molar-refractivity contribution in [2.45, 2.75) is 19.7 Å². The van der Waals surface area contributed by atoms with Gasteiger partial charge in [-0.25, -0.2) is 9.67 Å². The van der Waals surface area contributed by atoms with E-state index in [0.717, 1.165) is 10.7 Å². The summed E-state index contributed by atoms with van der Waals surface area (Å²) in [5.74, 6) is 0.278. The predicted molar refractivity (Wildman–Crippen MR) is 57.0 cm³/mol. The summed E-state index contributed by atoms with van der Waals surface area (Å²) in [6, 6.07) is 4.00. The number of hydrogen-bond acceptors (Lipinski definition) is 3. The minimum absolute atomic E-state index is 0.161. The lowest BCUT2D eigenvalue weighted by Gasteiger charge is -2.05. The van der Waals surface area contributed by atoms with Crippen LogP contribution in [0.4, 0.5) is 13.2 Å². The van der Waals surface area contributed by atoms with Gasteiger partial charge in [0.15, 0.2) is 11.5 Å². The van der Waals surface area contributed by atoms with Gasteiger partial charge in [0.1, 0.15) is 0 Å². The van der Waals surface area contributed by atoms with Crippen LogP contribution in [0.1, 0.15) is 17.0 Å². The fourth-order valence-corrected chi connectivity index (χ4v) is 1.47. The molecule has 0 aromatic carbocycles. The highest BCUT2D eigenvalue weighted by Gasteiger charge is 2.33. The number of aromatic nitrogens is 3. The first-order valence-corrected chi connectivity index (χ1v) is 5.12. The Hall–Kier alpha value is -1.89. The fourth-order valence-electron chi connectivity index (χ4n) is 1.47. The van der Waals surface area contributed by atoms with Gasteiger partial charge in [0.05, 0.1) is 6.61 Å². The quantitative estimate of drug-likeness (QED) is 0.896. The molecule has 18 heavy (non-hydrogen) atoms. The molecule has 1 N–H and O–H groups in total. The molecule has 0 radical (unpaired) electrons. The van der Waals surface area contributed by atoms with Crippen LogP contribution in [0, 0.1) is 6.92 Å². The molecular formula is C11H10F3N3O. The van der Waals surface area contributed by atoms with Gasteiger partial charge in [-0.15, -0.1) is 0 Å². The van der Waals surface area contributed by atoms with E-state index in [1.807, 2.05) is 0 Å². The van der Waals surface area contributed by atoms with Crippen LogP contribution in [0.3, 0.4) is 0 Å². The van der Waals surface area contributed by atoms with Crippen LogP contribution >= 0.6 is 0 Å². The van der Waals surface area contributed by atoms with Crippen molar-refractivity contribution in [1.82, 2.24) is 14.8 Å². The van der Waals surface area contributed by atoms with Crippen LogP contribution < -0.4 is 0 Å². The van der Waals surface area contributed by atoms with E-state index in [1.54, 1.807) is 13.0 Å². The lowest BCUT2D eigenvalue weighted by molar-refractivity contribution is -0.141. The van der Waals surface area contributed by atoms with Crippen molar-refractivity contribution < 1.29 is 18.3 Å². The Morgan fingerprint density at radius 3 is 2.50 bits per heavy atom. The molecule has 0 atom stereocenters. The van der Waals surface area contributed by atoms with E-state index in [1.165, 1.54) is 12.3 Å². The smallest absolute Gasteiger partial charge is 0.392 e. The van der Waals surface area contributed by atoms with Crippen LogP contribution in [-0.4, -0.2) is 19.9 Å². The van der Waals surface area contributed by atoms with Gasteiger partial charge >= 0.3 is 6.18 Å². The van der Waals surface area contributed by atoms with E-state index < -0.39 is 11.9 Å². The van der Waals surface area contributed by atoms with Gasteiger partial charge in [-0.05, 0) is 24.6 Å². The van der Waals surface area contributed by atoms with Gasteiger partial charge in [0.25, 0.3) is 0 Å². The second-order valence-electron chi connectivity index (χ2n) is 3.72. The molecular weight excluding hydrogens is 247 g/mol. The fraction of sp³-hybridized carbons (Fsp3) is 0.273. The Morgan fingerprint density at radius 1 is 1.28 bits per heavy atom. The van der Waals surface area contributed by atoms with E-state index >= 15 is 0 Å². The Kier molecular flexibility index (Phi) is 3.08. The van der Waals surface area contributed by atoms with Gasteiger partial charge in [-0.3, -0.25) is 0 Å². The van der Waals surface area contributed by atoms with Crippen LogP contribution in [-0.2, 0) is 12.8 Å². The summed E-state index contributed by atoms with van der Waals surface area (Å²) < 4.78 is 38.2. The highest BCUT2D eigenvalue weighted by Crippen LogP contribution is 2.27. The molecule has 2 heterocycles. The molecule has 0 saturated heterocycles. The Labute approximate surface area is 101 Å². The third kappa shape index (κ3) is 2.35. The summed E-state index contributed by atoms with van der Waals surface area (Å²) in [7, 11) is 0. The number of aryl methyl sites for hydroxylation is 1. The molecule has 2 aromatic heterocycles. The van der Waals surface area contributed by atoms with E-state index in [0.29, 0.717) is 11.3 Å². The number of alkyl halides is 3. The number of halogens is 3. The maximum atomic E-state index is 12.4. The highest BCUT2D eigenvalue weighted by molar-refractivity contribution is 5.29. The molecule has 2 rings (SSSR count). The number of aliphatic hydroxyl groups is 1. The van der Waals surface area contributed by atoms with Crippen molar-refractivity contribution in [3.63, 3.8) is 0 Å². The first kappa shape index (κ1) is 12.6. The molecule has 0 aliphatic heterocycles. The summed E-state index contributed by atoms with van der Waals surface area (Å²) >= 11 is 0. The maximum Gasteiger partial charge on any atom is 0.435 e. The van der Waals surface area contributed by atoms with Crippen LogP contribution in [0.5, 0.6) is 0 Å². The van der Waals surface area contributed by atoms with Crippen molar-refractivity contribution in [2.24, 2.45) is 0 Å². The second kappa shape index (κ2) is 4.41. The lowest BCUT2D eigenvalue weighted by atomic mass is 10.2. The van der Waals surface area contributed by atoms with E-state index in [2.05, 4.69) is 10.1 Å². The molecule has 0 saturated carbocycles. The molecule has 4 nitrogen and oxygen atoms in total. The highest BCUT2D eigenvalue weighted by atomic mass is 19.4. The SMILES string of the molecule is Cc1nc(-n2ccc(C(F)(F)F)n2)ccc1CO. The standard InChI is InChI=1S/C11H10F3N3O/c1-7-8(6-18)2-3-10(15-7)17-5-4-9(16-17)11(12,13)14/h2-5,18H,6H2,1H3. The monoisotopic (exact) mass is 257 g/mol. The van der Waals surface area contributed by atoms with E-state index in [4.69, 9.17) is 5.11 Å². The van der Waals surface area contributed by atoms with Gasteiger partial charge in [-0.2, -0.15) is 18.3 Å². The minimum atomic E-state index is -4.47. The first-order chi connectivity index (χ1) is 8.41. The molecule has 2 aromatic rings. The van der Waals surface area contributed by atoms with Crippen LogP contribution in [0.15, 0.2) is 24.4 Å². The topological polar surface area (TPSA) is 50.9 Å². The van der Waals surface area contributed by atoms with Gasteiger partial charge in [-0.1, -0.05) is 6.07 Å². The van der Waals surface area contributed by atoms with Crippen LogP contribution in [0.25, 0.3) is 5.82 Å². The Bertz CT molecular complexity index is 563. The summed E-state index contributed by atoms with van der Waals surface area (Å²) in [5, 5.41) is 12.4. The zero-order valence-corrected chi connectivity index (χ0v) is 9.44. The zero-order chi connectivity index (χ0) is 13.3. The third-order valence-corrected chi connectivity index (χ3v) is 2.47. The van der Waals surface area contributed by atoms with E-state index in [-0.39, 0.29) is 12.4 Å². The lowest BCUT2D eigenvalue weighted by Crippen LogP contribution is -2.08. The average Bonchev–Trinajstić information content (AvgIpc) is 2.77. The zero-order valence-electron chi connectivity index (χ0n) is 9.44. The number of rotatable bonds is 2. The average molecular weight is 257 g/mol. The predicted octanol–water partition coefficient (Wildman–Crippen LogP) is 2.09. The molecule has 0 aliphatic rings. The molecule has 7 heteroatoms. The van der Waals surface area contributed by atoms with E-state index in [9.17, 15) is 13.2 Å². The molecule has 0 spiro atoms. The number of hydrogen-bond donors (Lipinski definition) is 1. The van der Waals surface area contributed by atoms with Crippen molar-refractivity contribution in [2.75, 3.05) is 0 Å². The van der Waals surface area contributed by atoms with Gasteiger partial charge < -0.3 is 5.11 Å². The Morgan fingerprint density at radius 2 is 2.00 bits per heavy atom. The summed E-state index contributed by atoms with van der Waals surface area (Å²) in [6.07, 6.45) is -3.27. The molecule has 0 amide bonds. The van der Waals surface area contributed by atoms with Crippen molar-refractivity contribution in [3.8, 4) is 5.82 Å². The summed E-state index contributed by atoms with van der Waals surface area (Å²) in [5.41, 5.74) is 0.217. The summed E-state index contributed by atoms with van der Waals surface area (Å²) in [6.45, 7) is 1.51. The first-order valence-electron chi connectivity index (χ1n) is 5.12. The molecule has 0 fully saturated rings. The second-order valence-corrected chi connectivity index (χ2v) is 3.72. The Balaban J connectivity index is 2.38. The number of aliphatic hydroxyl groups excluding tert-OH is 1. The van der Waals surface area contributed by atoms with Crippen LogP contribution in [0.2, 0.25) is 0 Å². The maximum absolute atomic E-state index is 12.4. The molecule has 0 unspecified atom stereocenters. The van der Waals surface area contributed by atoms with Gasteiger partial charge in [0, 0.05) is 11.9 Å². The third-order valence-electron chi connectivity index (χ3n) is 2.47. The van der Waals surface area contributed by atoms with Crippen molar-refractivity contribution in [3.05, 3.63) is 41.3 Å². The van der Waals surface area contributed by atoms with Crippen molar-refractivity contribution >= 4 is 0 Å². The number of pyridine rings is 1. The minimum Gasteiger partial charge on any atom is -0.392 e. The molecule has 0 bridgehead atoms. The normalized spacial score (nSPS) is 11.8. The molecule has 96 valence electrons. The number of nitrogens with zero attached hydrogens (tertiary/aromatic N) is 3. The van der Waals surface area contributed by atoms with Gasteiger partial charge in [0.2, 0.25) is 0 Å². The molecule has 0 aliphatic carbocycles. The summed E-state index contributed by atoms with van der Waals surface area (Å²) in [4.78, 5) is 4.08. The largest absolute Gasteiger partial charge is 0.435 e.